The Kier molecular flexibility index (Phi) is 7.61. The average molecular weight is 523 g/mol. The molecule has 4 aromatic rings. The highest BCUT2D eigenvalue weighted by Crippen LogP contribution is 2.37. The molecule has 2 amide bonds. The van der Waals surface area contributed by atoms with Gasteiger partial charge >= 0.3 is 0 Å². The van der Waals surface area contributed by atoms with E-state index in [2.05, 4.69) is 17.6 Å². The Hall–Kier alpha value is -4.23. The van der Waals surface area contributed by atoms with Crippen LogP contribution in [0.2, 0.25) is 0 Å². The van der Waals surface area contributed by atoms with Crippen molar-refractivity contribution in [2.75, 3.05) is 19.7 Å². The van der Waals surface area contributed by atoms with Crippen molar-refractivity contribution in [1.82, 2.24) is 20.5 Å². The molecule has 1 aromatic heterocycles. The van der Waals surface area contributed by atoms with E-state index in [1.807, 2.05) is 98.8 Å². The molecule has 0 aliphatic carbocycles. The van der Waals surface area contributed by atoms with Gasteiger partial charge in [0.1, 0.15) is 12.3 Å². The van der Waals surface area contributed by atoms with Crippen molar-refractivity contribution in [3.8, 4) is 17.0 Å². The molecule has 0 bridgehead atoms. The third-order valence-corrected chi connectivity index (χ3v) is 7.25. The van der Waals surface area contributed by atoms with Gasteiger partial charge in [0.2, 0.25) is 5.91 Å². The summed E-state index contributed by atoms with van der Waals surface area (Å²) < 4.78 is 6.43. The van der Waals surface area contributed by atoms with Gasteiger partial charge in [0.25, 0.3) is 5.91 Å². The average Bonchev–Trinajstić information content (AvgIpc) is 3.23. The molecule has 3 aromatic carbocycles. The number of hydrogen-bond acceptors (Lipinski definition) is 5. The predicted molar refractivity (Wildman–Crippen MR) is 153 cm³/mol. The molecular weight excluding hydrogens is 488 g/mol. The molecule has 39 heavy (non-hydrogen) atoms. The Labute approximate surface area is 229 Å². The summed E-state index contributed by atoms with van der Waals surface area (Å²) in [7, 11) is 0. The number of rotatable bonds is 9. The molecule has 1 saturated heterocycles. The van der Waals surface area contributed by atoms with Crippen LogP contribution < -0.4 is 15.4 Å². The largest absolute Gasteiger partial charge is 0.489 e. The van der Waals surface area contributed by atoms with Crippen molar-refractivity contribution < 1.29 is 14.3 Å². The molecule has 200 valence electrons. The van der Waals surface area contributed by atoms with E-state index in [4.69, 9.17) is 9.72 Å². The maximum Gasteiger partial charge on any atom is 0.256 e. The molecule has 2 N–H and O–H groups in total. The number of benzene rings is 3. The number of para-hydroxylation sites is 1. The third kappa shape index (κ3) is 5.49. The van der Waals surface area contributed by atoms with Crippen molar-refractivity contribution in [2.45, 2.75) is 38.9 Å². The summed E-state index contributed by atoms with van der Waals surface area (Å²) in [6.45, 7) is 6.88. The van der Waals surface area contributed by atoms with Crippen LogP contribution in [-0.2, 0) is 4.79 Å². The molecule has 5 rings (SSSR count). The molecule has 1 fully saturated rings. The van der Waals surface area contributed by atoms with Crippen molar-refractivity contribution in [2.24, 2.45) is 0 Å². The highest BCUT2D eigenvalue weighted by molar-refractivity contribution is 6.10. The van der Waals surface area contributed by atoms with Crippen LogP contribution in [0.1, 0.15) is 49.2 Å². The molecule has 0 spiro atoms. The molecular formula is C32H34N4O3. The third-order valence-electron chi connectivity index (χ3n) is 7.25. The summed E-state index contributed by atoms with van der Waals surface area (Å²) in [5, 5.41) is 7.18. The van der Waals surface area contributed by atoms with Gasteiger partial charge in [0, 0.05) is 10.9 Å². The summed E-state index contributed by atoms with van der Waals surface area (Å²) in [6, 6.07) is 27.2. The van der Waals surface area contributed by atoms with E-state index in [1.165, 1.54) is 0 Å². The van der Waals surface area contributed by atoms with Gasteiger partial charge in [-0.05, 0) is 31.9 Å². The van der Waals surface area contributed by atoms with Gasteiger partial charge in [-0.3, -0.25) is 14.9 Å². The van der Waals surface area contributed by atoms with Crippen molar-refractivity contribution in [1.29, 1.82) is 0 Å². The first kappa shape index (κ1) is 26.4. The van der Waals surface area contributed by atoms with Crippen LogP contribution in [0.5, 0.6) is 5.75 Å². The number of aromatic nitrogens is 1. The van der Waals surface area contributed by atoms with E-state index in [0.29, 0.717) is 41.0 Å². The van der Waals surface area contributed by atoms with Crippen LogP contribution in [0.25, 0.3) is 22.2 Å². The first-order valence-electron chi connectivity index (χ1n) is 13.4. The molecule has 2 heterocycles. The minimum absolute atomic E-state index is 0.0233. The number of amides is 2. The van der Waals surface area contributed by atoms with Gasteiger partial charge < -0.3 is 15.0 Å². The number of fused-ring (bicyclic) bond motifs is 1. The lowest BCUT2D eigenvalue weighted by Gasteiger charge is -2.31. The molecule has 0 radical (unpaired) electrons. The normalized spacial score (nSPS) is 15.4. The van der Waals surface area contributed by atoms with Crippen LogP contribution >= 0.6 is 0 Å². The van der Waals surface area contributed by atoms with E-state index in [-0.39, 0.29) is 24.5 Å². The zero-order chi connectivity index (χ0) is 27.4. The number of pyridine rings is 1. The number of carbonyl (C=O) groups excluding carboxylic acids is 2. The van der Waals surface area contributed by atoms with Crippen molar-refractivity contribution in [3.05, 3.63) is 96.1 Å². The fourth-order valence-electron chi connectivity index (χ4n) is 5.13. The number of hydrogen-bond donors (Lipinski definition) is 2. The van der Waals surface area contributed by atoms with Gasteiger partial charge in [0.05, 0.1) is 35.9 Å². The SMILES string of the molecule is CCC(NC(=O)c1c(OCCN2C(=O)CNC2(C)C)c(-c2ccccc2)nc2ccccc12)c1ccccc1. The Morgan fingerprint density at radius 2 is 1.69 bits per heavy atom. The minimum atomic E-state index is -0.464. The highest BCUT2D eigenvalue weighted by Gasteiger charge is 2.37. The van der Waals surface area contributed by atoms with Crippen LogP contribution in [0.3, 0.4) is 0 Å². The maximum absolute atomic E-state index is 14.1. The number of ether oxygens (including phenoxy) is 1. The molecule has 1 aliphatic heterocycles. The summed E-state index contributed by atoms with van der Waals surface area (Å²) in [5.41, 5.74) is 3.17. The zero-order valence-corrected chi connectivity index (χ0v) is 22.6. The lowest BCUT2D eigenvalue weighted by atomic mass is 10.00. The molecule has 7 heteroatoms. The lowest BCUT2D eigenvalue weighted by molar-refractivity contribution is -0.130. The van der Waals surface area contributed by atoms with Crippen LogP contribution in [0.4, 0.5) is 0 Å². The Balaban J connectivity index is 1.57. The Bertz CT molecular complexity index is 1470. The second kappa shape index (κ2) is 11.3. The Morgan fingerprint density at radius 3 is 2.36 bits per heavy atom. The summed E-state index contributed by atoms with van der Waals surface area (Å²) in [4.78, 5) is 33.3. The Morgan fingerprint density at radius 1 is 1.03 bits per heavy atom. The maximum atomic E-state index is 14.1. The number of nitrogens with one attached hydrogen (secondary N) is 2. The van der Waals surface area contributed by atoms with Gasteiger partial charge in [0.15, 0.2) is 5.75 Å². The summed E-state index contributed by atoms with van der Waals surface area (Å²) in [5.74, 6) is 0.212. The molecule has 1 atom stereocenters. The molecule has 1 unspecified atom stereocenters. The topological polar surface area (TPSA) is 83.6 Å². The molecule has 7 nitrogen and oxygen atoms in total. The molecule has 0 saturated carbocycles. The van der Waals surface area contributed by atoms with E-state index >= 15 is 0 Å². The second-order valence-electron chi connectivity index (χ2n) is 10.2. The lowest BCUT2D eigenvalue weighted by Crippen LogP contribution is -2.48. The van der Waals surface area contributed by atoms with Gasteiger partial charge in [-0.1, -0.05) is 85.8 Å². The predicted octanol–water partition coefficient (Wildman–Crippen LogP) is 5.33. The van der Waals surface area contributed by atoms with E-state index in [9.17, 15) is 9.59 Å². The molecule has 1 aliphatic rings. The first-order valence-corrected chi connectivity index (χ1v) is 13.4. The van der Waals surface area contributed by atoms with Crippen LogP contribution in [0.15, 0.2) is 84.9 Å². The van der Waals surface area contributed by atoms with Crippen LogP contribution in [-0.4, -0.2) is 47.1 Å². The number of nitrogens with zero attached hydrogens (tertiary/aromatic N) is 2. The van der Waals surface area contributed by atoms with Crippen LogP contribution in [0, 0.1) is 0 Å². The van der Waals surface area contributed by atoms with E-state index in [1.54, 1.807) is 4.90 Å². The first-order chi connectivity index (χ1) is 18.9. The smallest absolute Gasteiger partial charge is 0.256 e. The van der Waals surface area contributed by atoms with E-state index in [0.717, 1.165) is 17.5 Å². The van der Waals surface area contributed by atoms with Crippen molar-refractivity contribution in [3.63, 3.8) is 0 Å². The standard InChI is InChI=1S/C32H34N4O3/c1-4-25(22-13-7-5-8-14-22)35-31(38)28-24-17-11-12-18-26(24)34-29(23-15-9-6-10-16-23)30(28)39-20-19-36-27(37)21-33-32(36,2)3/h5-18,25,33H,4,19-21H2,1-3H3,(H,35,38). The summed E-state index contributed by atoms with van der Waals surface area (Å²) >= 11 is 0. The van der Waals surface area contributed by atoms with Gasteiger partial charge in [-0.2, -0.15) is 0 Å². The number of carbonyl (C=O) groups is 2. The minimum Gasteiger partial charge on any atom is -0.489 e. The van der Waals surface area contributed by atoms with Crippen molar-refractivity contribution >= 4 is 22.7 Å². The quantitative estimate of drug-likeness (QED) is 0.311. The second-order valence-corrected chi connectivity index (χ2v) is 10.2. The van der Waals surface area contributed by atoms with Gasteiger partial charge in [-0.25, -0.2) is 4.98 Å². The van der Waals surface area contributed by atoms with Gasteiger partial charge in [-0.15, -0.1) is 0 Å². The monoisotopic (exact) mass is 522 g/mol. The highest BCUT2D eigenvalue weighted by atomic mass is 16.5. The summed E-state index contributed by atoms with van der Waals surface area (Å²) in [6.07, 6.45) is 0.736. The fraction of sp³-hybridized carbons (Fsp3) is 0.281. The van der Waals surface area contributed by atoms with E-state index < -0.39 is 5.66 Å². The fourth-order valence-corrected chi connectivity index (χ4v) is 5.13. The zero-order valence-electron chi connectivity index (χ0n) is 22.6.